The molecule has 4 nitrogen and oxygen atoms in total. The molecule has 0 spiro atoms. The van der Waals surface area contributed by atoms with E-state index in [1.165, 1.54) is 0 Å². The fourth-order valence-corrected chi connectivity index (χ4v) is 1.75. The van der Waals surface area contributed by atoms with Gasteiger partial charge in [0.15, 0.2) is 0 Å². The maximum Gasteiger partial charge on any atom is 0.320 e. The van der Waals surface area contributed by atoms with Crippen molar-refractivity contribution < 1.29 is 9.53 Å². The lowest BCUT2D eigenvalue weighted by atomic mass is 10.3. The van der Waals surface area contributed by atoms with Gasteiger partial charge in [-0.25, -0.2) is 4.79 Å². The maximum absolute atomic E-state index is 12.1. The second kappa shape index (κ2) is 5.95. The van der Waals surface area contributed by atoms with Gasteiger partial charge in [0.25, 0.3) is 0 Å². The van der Waals surface area contributed by atoms with Crippen LogP contribution in [0.15, 0.2) is 0 Å². The van der Waals surface area contributed by atoms with Gasteiger partial charge in [-0.05, 0) is 20.3 Å². The SMILES string of the molecule is CCCN(C(=O)N1CCOCC1)C(C)C. The van der Waals surface area contributed by atoms with Crippen molar-refractivity contribution >= 4 is 6.03 Å². The first-order valence-corrected chi connectivity index (χ1v) is 5.80. The third-order valence-electron chi connectivity index (χ3n) is 2.62. The van der Waals surface area contributed by atoms with Crippen LogP contribution < -0.4 is 0 Å². The van der Waals surface area contributed by atoms with Crippen LogP contribution in [0.25, 0.3) is 0 Å². The first kappa shape index (κ1) is 12.3. The number of ether oxygens (including phenoxy) is 1. The van der Waals surface area contributed by atoms with Crippen LogP contribution in [0.3, 0.4) is 0 Å². The number of carbonyl (C=O) groups is 1. The number of morpholine rings is 1. The molecule has 0 aliphatic carbocycles. The zero-order valence-corrected chi connectivity index (χ0v) is 10.0. The number of hydrogen-bond donors (Lipinski definition) is 0. The molecule has 0 N–H and O–H groups in total. The number of urea groups is 1. The highest BCUT2D eigenvalue weighted by Crippen LogP contribution is 2.07. The molecule has 0 aromatic rings. The lowest BCUT2D eigenvalue weighted by molar-refractivity contribution is 0.0406. The van der Waals surface area contributed by atoms with Gasteiger partial charge in [0, 0.05) is 25.7 Å². The summed E-state index contributed by atoms with van der Waals surface area (Å²) in [5.74, 6) is 0. The Kier molecular flexibility index (Phi) is 4.88. The molecule has 0 aromatic heterocycles. The summed E-state index contributed by atoms with van der Waals surface area (Å²) in [5, 5.41) is 0. The average molecular weight is 214 g/mol. The minimum absolute atomic E-state index is 0.162. The molecule has 1 heterocycles. The van der Waals surface area contributed by atoms with Gasteiger partial charge in [0.2, 0.25) is 0 Å². The zero-order chi connectivity index (χ0) is 11.3. The molecular formula is C11H22N2O2. The third-order valence-corrected chi connectivity index (χ3v) is 2.62. The van der Waals surface area contributed by atoms with Crippen molar-refractivity contribution in [2.75, 3.05) is 32.8 Å². The summed E-state index contributed by atoms with van der Waals surface area (Å²) in [6.45, 7) is 9.86. The van der Waals surface area contributed by atoms with Gasteiger partial charge in [-0.1, -0.05) is 6.92 Å². The number of hydrogen-bond acceptors (Lipinski definition) is 2. The van der Waals surface area contributed by atoms with Crippen LogP contribution in [-0.2, 0) is 4.74 Å². The summed E-state index contributed by atoms with van der Waals surface area (Å²) in [6, 6.07) is 0.440. The third kappa shape index (κ3) is 3.38. The van der Waals surface area contributed by atoms with Crippen LogP contribution in [0.5, 0.6) is 0 Å². The van der Waals surface area contributed by atoms with Crippen molar-refractivity contribution in [1.29, 1.82) is 0 Å². The topological polar surface area (TPSA) is 32.8 Å². The van der Waals surface area contributed by atoms with Crippen molar-refractivity contribution in [1.82, 2.24) is 9.80 Å². The highest BCUT2D eigenvalue weighted by molar-refractivity contribution is 5.74. The summed E-state index contributed by atoms with van der Waals surface area (Å²) in [7, 11) is 0. The summed E-state index contributed by atoms with van der Waals surface area (Å²) in [5.41, 5.74) is 0. The van der Waals surface area contributed by atoms with Crippen LogP contribution >= 0.6 is 0 Å². The van der Waals surface area contributed by atoms with Crippen molar-refractivity contribution in [3.05, 3.63) is 0 Å². The van der Waals surface area contributed by atoms with Gasteiger partial charge in [0.1, 0.15) is 0 Å². The predicted octanol–water partition coefficient (Wildman–Crippen LogP) is 1.56. The average Bonchev–Trinajstić information content (AvgIpc) is 2.26. The number of amides is 2. The Labute approximate surface area is 92.2 Å². The normalized spacial score (nSPS) is 16.9. The molecular weight excluding hydrogens is 192 g/mol. The Morgan fingerprint density at radius 3 is 2.47 bits per heavy atom. The fourth-order valence-electron chi connectivity index (χ4n) is 1.75. The molecule has 0 saturated carbocycles. The first-order chi connectivity index (χ1) is 7.16. The van der Waals surface area contributed by atoms with Gasteiger partial charge in [-0.15, -0.1) is 0 Å². The van der Waals surface area contributed by atoms with Crippen LogP contribution in [0, 0.1) is 0 Å². The molecule has 1 aliphatic heterocycles. The van der Waals surface area contributed by atoms with Gasteiger partial charge < -0.3 is 14.5 Å². The smallest absolute Gasteiger partial charge is 0.320 e. The molecule has 1 fully saturated rings. The van der Waals surface area contributed by atoms with Crippen LogP contribution in [-0.4, -0.2) is 54.7 Å². The monoisotopic (exact) mass is 214 g/mol. The molecule has 1 aliphatic rings. The molecule has 88 valence electrons. The molecule has 0 unspecified atom stereocenters. The maximum atomic E-state index is 12.1. The van der Waals surface area contributed by atoms with E-state index in [4.69, 9.17) is 4.74 Å². The molecule has 4 heteroatoms. The van der Waals surface area contributed by atoms with E-state index in [0.717, 1.165) is 26.1 Å². The van der Waals surface area contributed by atoms with E-state index in [2.05, 4.69) is 20.8 Å². The summed E-state index contributed by atoms with van der Waals surface area (Å²) >= 11 is 0. The first-order valence-electron chi connectivity index (χ1n) is 5.80. The molecule has 0 atom stereocenters. The minimum Gasteiger partial charge on any atom is -0.378 e. The van der Waals surface area contributed by atoms with E-state index in [1.54, 1.807) is 0 Å². The van der Waals surface area contributed by atoms with E-state index in [0.29, 0.717) is 13.2 Å². The molecule has 0 radical (unpaired) electrons. The van der Waals surface area contributed by atoms with E-state index in [9.17, 15) is 4.79 Å². The van der Waals surface area contributed by atoms with Crippen molar-refractivity contribution in [2.45, 2.75) is 33.2 Å². The Bertz CT molecular complexity index is 201. The number of nitrogens with zero attached hydrogens (tertiary/aromatic N) is 2. The Morgan fingerprint density at radius 1 is 1.40 bits per heavy atom. The largest absolute Gasteiger partial charge is 0.378 e. The second-order valence-electron chi connectivity index (χ2n) is 4.17. The minimum atomic E-state index is 0.162. The lowest BCUT2D eigenvalue weighted by Gasteiger charge is -2.35. The van der Waals surface area contributed by atoms with Gasteiger partial charge in [-0.2, -0.15) is 0 Å². The van der Waals surface area contributed by atoms with E-state index < -0.39 is 0 Å². The molecule has 15 heavy (non-hydrogen) atoms. The molecule has 0 bridgehead atoms. The van der Waals surface area contributed by atoms with Crippen molar-refractivity contribution in [2.24, 2.45) is 0 Å². The predicted molar refractivity (Wildman–Crippen MR) is 59.9 cm³/mol. The van der Waals surface area contributed by atoms with Crippen molar-refractivity contribution in [3.8, 4) is 0 Å². The molecule has 1 saturated heterocycles. The summed E-state index contributed by atoms with van der Waals surface area (Å²) in [4.78, 5) is 15.9. The highest BCUT2D eigenvalue weighted by Gasteiger charge is 2.23. The molecule has 2 amide bonds. The standard InChI is InChI=1S/C11H22N2O2/c1-4-5-13(10(2)3)11(14)12-6-8-15-9-7-12/h10H,4-9H2,1-3H3. The molecule has 0 aromatic carbocycles. The van der Waals surface area contributed by atoms with Crippen LogP contribution in [0.2, 0.25) is 0 Å². The van der Waals surface area contributed by atoms with Gasteiger partial charge in [0.05, 0.1) is 13.2 Å². The summed E-state index contributed by atoms with van der Waals surface area (Å²) in [6.07, 6.45) is 1.01. The Hall–Kier alpha value is -0.770. The van der Waals surface area contributed by atoms with Crippen molar-refractivity contribution in [3.63, 3.8) is 0 Å². The second-order valence-corrected chi connectivity index (χ2v) is 4.17. The van der Waals surface area contributed by atoms with E-state index >= 15 is 0 Å². The molecule has 1 rings (SSSR count). The van der Waals surface area contributed by atoms with E-state index in [1.807, 2.05) is 9.80 Å². The zero-order valence-electron chi connectivity index (χ0n) is 10.0. The van der Waals surface area contributed by atoms with Gasteiger partial charge >= 0.3 is 6.03 Å². The van der Waals surface area contributed by atoms with Crippen LogP contribution in [0.4, 0.5) is 4.79 Å². The Morgan fingerprint density at radius 2 is 2.00 bits per heavy atom. The lowest BCUT2D eigenvalue weighted by Crippen LogP contribution is -2.50. The number of rotatable bonds is 3. The highest BCUT2D eigenvalue weighted by atomic mass is 16.5. The van der Waals surface area contributed by atoms with Gasteiger partial charge in [-0.3, -0.25) is 0 Å². The summed E-state index contributed by atoms with van der Waals surface area (Å²) < 4.78 is 5.24. The number of carbonyl (C=O) groups excluding carboxylic acids is 1. The fraction of sp³-hybridized carbons (Fsp3) is 0.909. The Balaban J connectivity index is 2.53. The quantitative estimate of drug-likeness (QED) is 0.714. The van der Waals surface area contributed by atoms with Crippen LogP contribution in [0.1, 0.15) is 27.2 Å². The van der Waals surface area contributed by atoms with E-state index in [-0.39, 0.29) is 12.1 Å².